The van der Waals surface area contributed by atoms with Crippen LogP contribution in [0.25, 0.3) is 10.2 Å². The first-order valence-electron chi connectivity index (χ1n) is 10.6. The third kappa shape index (κ3) is 4.95. The minimum atomic E-state index is -0.0644. The molecule has 0 aliphatic heterocycles. The Kier molecular flexibility index (Phi) is 7.08. The molecule has 1 amide bonds. The second kappa shape index (κ2) is 10.2. The number of hydrogen-bond acceptors (Lipinski definition) is 6. The van der Waals surface area contributed by atoms with Crippen molar-refractivity contribution in [1.82, 2.24) is 14.9 Å². The first-order valence-corrected chi connectivity index (χ1v) is 12.5. The monoisotopic (exact) mass is 464 g/mol. The van der Waals surface area contributed by atoms with Crippen LogP contribution in [-0.4, -0.2) is 33.1 Å². The van der Waals surface area contributed by atoms with E-state index in [9.17, 15) is 9.59 Å². The number of aromatic nitrogens is 2. The van der Waals surface area contributed by atoms with Crippen molar-refractivity contribution >= 4 is 39.2 Å². The van der Waals surface area contributed by atoms with Crippen LogP contribution >= 0.6 is 23.1 Å². The molecule has 164 valence electrons. The highest BCUT2D eigenvalue weighted by Crippen LogP contribution is 2.33. The number of carbonyl (C=O) groups excluding carboxylic acids is 1. The van der Waals surface area contributed by atoms with Crippen LogP contribution in [0.15, 0.2) is 41.7 Å². The molecule has 0 saturated carbocycles. The number of nitrogens with zero attached hydrogens (tertiary/aromatic N) is 3. The zero-order valence-corrected chi connectivity index (χ0v) is 19.4. The summed E-state index contributed by atoms with van der Waals surface area (Å²) in [7, 11) is 0. The van der Waals surface area contributed by atoms with Crippen molar-refractivity contribution in [3.8, 4) is 6.07 Å². The molecule has 4 rings (SSSR count). The molecule has 1 N–H and O–H groups in total. The summed E-state index contributed by atoms with van der Waals surface area (Å²) < 4.78 is 0. The molecule has 0 saturated heterocycles. The lowest BCUT2D eigenvalue weighted by Gasteiger charge is -2.21. The van der Waals surface area contributed by atoms with E-state index in [0.717, 1.165) is 35.0 Å². The van der Waals surface area contributed by atoms with Crippen LogP contribution in [0.3, 0.4) is 0 Å². The van der Waals surface area contributed by atoms with Crippen LogP contribution in [0, 0.1) is 11.3 Å². The van der Waals surface area contributed by atoms with Gasteiger partial charge in [0.2, 0.25) is 5.91 Å². The average Bonchev–Trinajstić information content (AvgIpc) is 3.18. The number of benzene rings is 1. The summed E-state index contributed by atoms with van der Waals surface area (Å²) in [5.41, 5.74) is 2.67. The van der Waals surface area contributed by atoms with Gasteiger partial charge in [0.1, 0.15) is 10.7 Å². The summed E-state index contributed by atoms with van der Waals surface area (Å²) in [5.74, 6) is 1.36. The fraction of sp³-hybridized carbons (Fsp3) is 0.333. The Balaban J connectivity index is 1.39. The number of thiophene rings is 1. The van der Waals surface area contributed by atoms with Crippen LogP contribution in [0.2, 0.25) is 0 Å². The first kappa shape index (κ1) is 22.3. The Morgan fingerprint density at radius 2 is 2.09 bits per heavy atom. The molecule has 0 spiro atoms. The van der Waals surface area contributed by atoms with Gasteiger partial charge in [-0.1, -0.05) is 18.2 Å². The number of H-pyrrole nitrogens is 1. The lowest BCUT2D eigenvalue weighted by molar-refractivity contribution is -0.128. The Morgan fingerprint density at radius 1 is 1.31 bits per heavy atom. The standard InChI is InChI=1S/C24H24N4O2S2/c1-2-11-28(13-17-9-7-16(12-25)8-10-17)21(29)15-31-14-20-26-23(30)22-18-5-3-4-6-19(18)32-24(22)27-20/h2,7-10H,1,3-6,11,13-15H2,(H,26,27,30). The highest BCUT2D eigenvalue weighted by atomic mass is 32.2. The summed E-state index contributed by atoms with van der Waals surface area (Å²) in [4.78, 5) is 36.9. The molecule has 0 unspecified atom stereocenters. The zero-order valence-electron chi connectivity index (χ0n) is 17.7. The molecule has 1 aliphatic carbocycles. The Hall–Kier alpha value is -2.89. The van der Waals surface area contributed by atoms with Crippen molar-refractivity contribution in [2.75, 3.05) is 12.3 Å². The molecule has 6 nitrogen and oxygen atoms in total. The molecular formula is C24H24N4O2S2. The van der Waals surface area contributed by atoms with Crippen LogP contribution in [0.4, 0.5) is 0 Å². The fourth-order valence-corrected chi connectivity index (χ4v) is 5.99. The molecule has 1 aliphatic rings. The number of nitriles is 1. The minimum Gasteiger partial charge on any atom is -0.334 e. The minimum absolute atomic E-state index is 0.00530. The largest absolute Gasteiger partial charge is 0.334 e. The molecule has 2 heterocycles. The third-order valence-electron chi connectivity index (χ3n) is 5.50. The molecule has 1 aromatic carbocycles. The maximum Gasteiger partial charge on any atom is 0.259 e. The van der Waals surface area contributed by atoms with Crippen molar-refractivity contribution in [3.05, 3.63) is 74.7 Å². The van der Waals surface area contributed by atoms with E-state index < -0.39 is 0 Å². The van der Waals surface area contributed by atoms with Gasteiger partial charge in [0, 0.05) is 18.0 Å². The van der Waals surface area contributed by atoms with Crippen molar-refractivity contribution < 1.29 is 4.79 Å². The normalized spacial score (nSPS) is 12.8. The van der Waals surface area contributed by atoms with Gasteiger partial charge in [-0.2, -0.15) is 5.26 Å². The molecule has 0 radical (unpaired) electrons. The zero-order chi connectivity index (χ0) is 22.5. The lowest BCUT2D eigenvalue weighted by atomic mass is 9.97. The fourth-order valence-electron chi connectivity index (χ4n) is 3.92. The van der Waals surface area contributed by atoms with Gasteiger partial charge in [-0.15, -0.1) is 29.7 Å². The third-order valence-corrected chi connectivity index (χ3v) is 7.61. The van der Waals surface area contributed by atoms with E-state index in [1.807, 2.05) is 12.1 Å². The molecule has 2 aromatic heterocycles. The number of hydrogen-bond donors (Lipinski definition) is 1. The highest BCUT2D eigenvalue weighted by Gasteiger charge is 2.20. The van der Waals surface area contributed by atoms with Crippen LogP contribution in [0.5, 0.6) is 0 Å². The smallest absolute Gasteiger partial charge is 0.259 e. The topological polar surface area (TPSA) is 89.8 Å². The van der Waals surface area contributed by atoms with Crippen LogP contribution < -0.4 is 5.56 Å². The Morgan fingerprint density at radius 3 is 2.84 bits per heavy atom. The maximum atomic E-state index is 12.8. The van der Waals surface area contributed by atoms with E-state index in [0.29, 0.717) is 30.2 Å². The number of nitrogens with one attached hydrogen (secondary N) is 1. The van der Waals surface area contributed by atoms with Gasteiger partial charge >= 0.3 is 0 Å². The summed E-state index contributed by atoms with van der Waals surface area (Å²) in [6.45, 7) is 4.66. The summed E-state index contributed by atoms with van der Waals surface area (Å²) in [5, 5.41) is 9.69. The van der Waals surface area contributed by atoms with E-state index in [1.54, 1.807) is 34.4 Å². The van der Waals surface area contributed by atoms with Gasteiger partial charge in [0.15, 0.2) is 0 Å². The number of thioether (sulfide) groups is 1. The second-order valence-corrected chi connectivity index (χ2v) is 9.84. The molecular weight excluding hydrogens is 440 g/mol. The van der Waals surface area contributed by atoms with Crippen molar-refractivity contribution in [3.63, 3.8) is 0 Å². The van der Waals surface area contributed by atoms with Crippen molar-refractivity contribution in [1.29, 1.82) is 5.26 Å². The maximum absolute atomic E-state index is 12.8. The molecule has 32 heavy (non-hydrogen) atoms. The predicted octanol–water partition coefficient (Wildman–Crippen LogP) is 4.18. The number of amides is 1. The Labute approximate surface area is 195 Å². The molecule has 0 fully saturated rings. The highest BCUT2D eigenvalue weighted by molar-refractivity contribution is 7.99. The lowest BCUT2D eigenvalue weighted by Crippen LogP contribution is -2.32. The number of rotatable bonds is 8. The van der Waals surface area contributed by atoms with Gasteiger partial charge in [-0.05, 0) is 48.9 Å². The van der Waals surface area contributed by atoms with E-state index >= 15 is 0 Å². The van der Waals surface area contributed by atoms with Gasteiger partial charge < -0.3 is 9.88 Å². The van der Waals surface area contributed by atoms with Crippen molar-refractivity contribution in [2.24, 2.45) is 0 Å². The van der Waals surface area contributed by atoms with Crippen LogP contribution in [-0.2, 0) is 29.9 Å². The second-order valence-electron chi connectivity index (χ2n) is 7.77. The van der Waals surface area contributed by atoms with Gasteiger partial charge in [0.25, 0.3) is 5.56 Å². The Bertz CT molecular complexity index is 1240. The van der Waals surface area contributed by atoms with Crippen LogP contribution in [0.1, 0.15) is 40.2 Å². The summed E-state index contributed by atoms with van der Waals surface area (Å²) in [6.07, 6.45) is 6.00. The average molecular weight is 465 g/mol. The van der Waals surface area contributed by atoms with Gasteiger partial charge in [0.05, 0.1) is 28.5 Å². The molecule has 3 aromatic rings. The van der Waals surface area contributed by atoms with E-state index in [2.05, 4.69) is 22.6 Å². The quantitative estimate of drug-likeness (QED) is 0.505. The number of aromatic amines is 1. The SMILES string of the molecule is C=CCN(Cc1ccc(C#N)cc1)C(=O)CSCc1nc2sc3c(c2c(=O)[nH]1)CCCC3. The summed E-state index contributed by atoms with van der Waals surface area (Å²) in [6, 6.07) is 9.32. The summed E-state index contributed by atoms with van der Waals surface area (Å²) >= 11 is 3.08. The van der Waals surface area contributed by atoms with E-state index in [-0.39, 0.29) is 17.2 Å². The molecule has 0 bridgehead atoms. The van der Waals surface area contributed by atoms with Gasteiger partial charge in [-0.3, -0.25) is 9.59 Å². The first-order chi connectivity index (χ1) is 15.6. The van der Waals surface area contributed by atoms with E-state index in [4.69, 9.17) is 5.26 Å². The predicted molar refractivity (Wildman–Crippen MR) is 130 cm³/mol. The number of aryl methyl sites for hydroxylation is 2. The molecule has 0 atom stereocenters. The molecule has 8 heteroatoms. The number of carbonyl (C=O) groups is 1. The van der Waals surface area contributed by atoms with E-state index in [1.165, 1.54) is 28.6 Å². The van der Waals surface area contributed by atoms with Gasteiger partial charge in [-0.25, -0.2) is 4.98 Å². The van der Waals surface area contributed by atoms with Crippen molar-refractivity contribution in [2.45, 2.75) is 38.0 Å². The number of fused-ring (bicyclic) bond motifs is 3.